The molecule has 1 aliphatic heterocycles. The molecule has 1 unspecified atom stereocenters. The van der Waals surface area contributed by atoms with E-state index < -0.39 is 23.0 Å². The van der Waals surface area contributed by atoms with Crippen LogP contribution in [0.1, 0.15) is 16.1 Å². The van der Waals surface area contributed by atoms with Crippen molar-refractivity contribution in [3.8, 4) is 5.75 Å². The number of carbonyl (C=O) groups is 2. The van der Waals surface area contributed by atoms with Gasteiger partial charge in [-0.05, 0) is 54.6 Å². The van der Waals surface area contributed by atoms with Crippen LogP contribution in [0.3, 0.4) is 0 Å². The van der Waals surface area contributed by atoms with E-state index in [9.17, 15) is 14.0 Å². The molecule has 3 N–H and O–H groups in total. The first-order valence-electron chi connectivity index (χ1n) is 10.9. The average molecular weight is 466 g/mol. The highest BCUT2D eigenvalue weighted by molar-refractivity contribution is 6.28. The molecule has 6 rings (SSSR count). The zero-order valence-corrected chi connectivity index (χ0v) is 18.6. The summed E-state index contributed by atoms with van der Waals surface area (Å²) in [6, 6.07) is 19.7. The minimum Gasteiger partial charge on any atom is -0.497 e. The molecule has 0 aliphatic carbocycles. The van der Waals surface area contributed by atoms with Gasteiger partial charge in [0.05, 0.1) is 24.5 Å². The van der Waals surface area contributed by atoms with Gasteiger partial charge in [-0.25, -0.2) is 4.39 Å². The summed E-state index contributed by atoms with van der Waals surface area (Å²) in [6.45, 7) is 0. The van der Waals surface area contributed by atoms with Gasteiger partial charge in [-0.3, -0.25) is 19.5 Å². The number of nitrogens with two attached hydrogens (primary N) is 1. The topological polar surface area (TPSA) is 101 Å². The number of aromatic nitrogens is 2. The maximum absolute atomic E-state index is 13.9. The number of Topliss-reactive ketones (excluding diaryl/α,β-unsaturated/α-hetero) is 1. The van der Waals surface area contributed by atoms with E-state index in [1.54, 1.807) is 30.5 Å². The predicted octanol–water partition coefficient (Wildman–Crippen LogP) is 4.58. The standard InChI is InChI=1S/C27H19FN4O3/c1-35-17-10-11-24-20(12-17)27(29,26(34)32(24)16-8-6-15(28)7-9-16)25(33)22-13-19-18-4-2-3-5-21(18)31-23(19)14-30-22/h2-14,31H,29H2,1H3. The van der Waals surface area contributed by atoms with Gasteiger partial charge >= 0.3 is 0 Å². The Morgan fingerprint density at radius 3 is 2.57 bits per heavy atom. The molecule has 1 aliphatic rings. The van der Waals surface area contributed by atoms with Crippen LogP contribution in [0.4, 0.5) is 15.8 Å². The van der Waals surface area contributed by atoms with Crippen molar-refractivity contribution in [3.05, 3.63) is 96.1 Å². The predicted molar refractivity (Wildman–Crippen MR) is 130 cm³/mol. The van der Waals surface area contributed by atoms with Crippen LogP contribution in [0.2, 0.25) is 0 Å². The first-order valence-corrected chi connectivity index (χ1v) is 10.9. The van der Waals surface area contributed by atoms with E-state index >= 15 is 0 Å². The highest BCUT2D eigenvalue weighted by atomic mass is 19.1. The van der Waals surface area contributed by atoms with Crippen LogP contribution in [0.25, 0.3) is 21.8 Å². The lowest BCUT2D eigenvalue weighted by molar-refractivity contribution is -0.120. The number of methoxy groups -OCH3 is 1. The SMILES string of the molecule is COc1ccc2c(c1)C(N)(C(=O)c1cc3c(cn1)[nH]c1ccccc13)C(=O)N2c1ccc(F)cc1. The van der Waals surface area contributed by atoms with E-state index in [4.69, 9.17) is 10.5 Å². The van der Waals surface area contributed by atoms with Gasteiger partial charge in [0.2, 0.25) is 5.78 Å². The largest absolute Gasteiger partial charge is 0.497 e. The molecule has 0 radical (unpaired) electrons. The second-order valence-corrected chi connectivity index (χ2v) is 8.42. The number of ether oxygens (including phenoxy) is 1. The molecule has 35 heavy (non-hydrogen) atoms. The molecule has 1 atom stereocenters. The summed E-state index contributed by atoms with van der Waals surface area (Å²) in [5.41, 5.74) is 7.47. The first kappa shape index (κ1) is 21.0. The Morgan fingerprint density at radius 2 is 1.80 bits per heavy atom. The number of amides is 1. The summed E-state index contributed by atoms with van der Waals surface area (Å²) < 4.78 is 18.9. The van der Waals surface area contributed by atoms with Crippen molar-refractivity contribution in [1.82, 2.24) is 9.97 Å². The number of rotatable bonds is 4. The second kappa shape index (κ2) is 7.48. The quantitative estimate of drug-likeness (QED) is 0.298. The lowest BCUT2D eigenvalue weighted by Crippen LogP contribution is -2.52. The third-order valence-corrected chi connectivity index (χ3v) is 6.48. The van der Waals surface area contributed by atoms with Gasteiger partial charge in [0, 0.05) is 27.5 Å². The smallest absolute Gasteiger partial charge is 0.264 e. The molecule has 0 bridgehead atoms. The third kappa shape index (κ3) is 2.97. The van der Waals surface area contributed by atoms with Crippen molar-refractivity contribution in [3.63, 3.8) is 0 Å². The molecule has 3 aromatic carbocycles. The molecular formula is C27H19FN4O3. The van der Waals surface area contributed by atoms with E-state index in [0.717, 1.165) is 21.8 Å². The van der Waals surface area contributed by atoms with E-state index in [1.807, 2.05) is 24.3 Å². The molecule has 0 spiro atoms. The summed E-state index contributed by atoms with van der Waals surface area (Å²) >= 11 is 0. The van der Waals surface area contributed by atoms with E-state index in [-0.39, 0.29) is 11.3 Å². The number of hydrogen-bond donors (Lipinski definition) is 2. The van der Waals surface area contributed by atoms with Gasteiger partial charge in [-0.1, -0.05) is 18.2 Å². The van der Waals surface area contributed by atoms with Gasteiger partial charge in [-0.15, -0.1) is 0 Å². The average Bonchev–Trinajstić information content (AvgIpc) is 3.37. The van der Waals surface area contributed by atoms with Crippen molar-refractivity contribution in [2.75, 3.05) is 12.0 Å². The third-order valence-electron chi connectivity index (χ3n) is 6.48. The summed E-state index contributed by atoms with van der Waals surface area (Å²) in [4.78, 5) is 36.7. The van der Waals surface area contributed by atoms with Crippen molar-refractivity contribution >= 4 is 44.9 Å². The first-order chi connectivity index (χ1) is 16.9. The van der Waals surface area contributed by atoms with E-state index in [1.165, 1.54) is 36.3 Å². The number of para-hydroxylation sites is 1. The molecule has 3 heterocycles. The molecule has 0 fully saturated rings. The van der Waals surface area contributed by atoms with E-state index in [0.29, 0.717) is 17.1 Å². The number of pyridine rings is 1. The number of fused-ring (bicyclic) bond motifs is 4. The van der Waals surface area contributed by atoms with Crippen LogP contribution in [0.15, 0.2) is 79.0 Å². The van der Waals surface area contributed by atoms with Crippen molar-refractivity contribution < 1.29 is 18.7 Å². The summed E-state index contributed by atoms with van der Waals surface area (Å²) in [5.74, 6) is -1.30. The van der Waals surface area contributed by atoms with Gasteiger partial charge < -0.3 is 15.5 Å². The normalized spacial score (nSPS) is 17.2. The summed E-state index contributed by atoms with van der Waals surface area (Å²) in [6.07, 6.45) is 1.57. The van der Waals surface area contributed by atoms with Gasteiger partial charge in [-0.2, -0.15) is 0 Å². The highest BCUT2D eigenvalue weighted by Gasteiger charge is 2.55. The number of H-pyrrole nitrogens is 1. The van der Waals surface area contributed by atoms with Crippen LogP contribution in [0, 0.1) is 5.82 Å². The van der Waals surface area contributed by atoms with Gasteiger partial charge in [0.1, 0.15) is 17.3 Å². The highest BCUT2D eigenvalue weighted by Crippen LogP contribution is 2.46. The minimum atomic E-state index is -2.05. The Bertz CT molecular complexity index is 1660. The number of nitrogens with zero attached hydrogens (tertiary/aromatic N) is 2. The number of aromatic amines is 1. The van der Waals surface area contributed by atoms with Gasteiger partial charge in [0.15, 0.2) is 5.54 Å². The number of nitrogens with one attached hydrogen (secondary N) is 1. The fourth-order valence-electron chi connectivity index (χ4n) is 4.70. The number of ketones is 1. The Balaban J connectivity index is 1.53. The lowest BCUT2D eigenvalue weighted by Gasteiger charge is -2.23. The molecule has 1 amide bonds. The van der Waals surface area contributed by atoms with Crippen molar-refractivity contribution in [1.29, 1.82) is 0 Å². The molecule has 8 heteroatoms. The van der Waals surface area contributed by atoms with E-state index in [2.05, 4.69) is 9.97 Å². The fraction of sp³-hybridized carbons (Fsp3) is 0.0741. The Labute approximate surface area is 198 Å². The van der Waals surface area contributed by atoms with Crippen molar-refractivity contribution in [2.45, 2.75) is 5.54 Å². The fourth-order valence-corrected chi connectivity index (χ4v) is 4.70. The van der Waals surface area contributed by atoms with Crippen LogP contribution in [-0.2, 0) is 10.3 Å². The maximum Gasteiger partial charge on any atom is 0.264 e. The molecule has 0 saturated carbocycles. The number of hydrogen-bond acceptors (Lipinski definition) is 5. The molecular weight excluding hydrogens is 447 g/mol. The number of halogens is 1. The molecule has 7 nitrogen and oxygen atoms in total. The number of carbonyl (C=O) groups excluding carboxylic acids is 2. The zero-order chi connectivity index (χ0) is 24.3. The summed E-state index contributed by atoms with van der Waals surface area (Å²) in [7, 11) is 1.49. The molecule has 0 saturated heterocycles. The minimum absolute atomic E-state index is 0.0628. The Hall–Kier alpha value is -4.56. The number of benzene rings is 3. The van der Waals surface area contributed by atoms with Crippen LogP contribution >= 0.6 is 0 Å². The van der Waals surface area contributed by atoms with Crippen LogP contribution in [-0.4, -0.2) is 28.8 Å². The maximum atomic E-state index is 13.9. The molecule has 5 aromatic rings. The Morgan fingerprint density at radius 1 is 1.03 bits per heavy atom. The zero-order valence-electron chi connectivity index (χ0n) is 18.6. The lowest BCUT2D eigenvalue weighted by atomic mass is 9.86. The molecule has 2 aromatic heterocycles. The number of anilines is 2. The van der Waals surface area contributed by atoms with Crippen LogP contribution < -0.4 is 15.4 Å². The second-order valence-electron chi connectivity index (χ2n) is 8.42. The molecule has 172 valence electrons. The summed E-state index contributed by atoms with van der Waals surface area (Å²) in [5, 5.41) is 1.73. The van der Waals surface area contributed by atoms with Crippen LogP contribution in [0.5, 0.6) is 5.75 Å². The van der Waals surface area contributed by atoms with Gasteiger partial charge in [0.25, 0.3) is 5.91 Å². The monoisotopic (exact) mass is 466 g/mol. The Kier molecular flexibility index (Phi) is 4.49. The van der Waals surface area contributed by atoms with Crippen molar-refractivity contribution in [2.24, 2.45) is 5.73 Å².